The number of carbonyl (C=O) groups is 2. The number of carbonyl (C=O) groups excluding carboxylic acids is 2. The predicted octanol–water partition coefficient (Wildman–Crippen LogP) is 2.19. The molecule has 0 bridgehead atoms. The molecule has 0 fully saturated rings. The van der Waals surface area contributed by atoms with Crippen LogP contribution in [-0.2, 0) is 17.8 Å². The van der Waals surface area contributed by atoms with Crippen molar-refractivity contribution in [3.05, 3.63) is 71.8 Å². The van der Waals surface area contributed by atoms with Gasteiger partial charge in [0.1, 0.15) is 6.61 Å². The number of benzene rings is 2. The molecule has 1 atom stereocenters. The number of urea groups is 1. The monoisotopic (exact) mass is 327 g/mol. The lowest BCUT2D eigenvalue weighted by Crippen LogP contribution is -2.46. The van der Waals surface area contributed by atoms with Crippen LogP contribution in [0.15, 0.2) is 60.7 Å². The molecule has 0 aliphatic rings. The van der Waals surface area contributed by atoms with Crippen molar-refractivity contribution in [3.8, 4) is 0 Å². The first-order chi connectivity index (χ1) is 11.6. The molecule has 6 heteroatoms. The summed E-state index contributed by atoms with van der Waals surface area (Å²) in [5.74, 6) is 0. The van der Waals surface area contributed by atoms with E-state index in [0.29, 0.717) is 6.42 Å². The van der Waals surface area contributed by atoms with Gasteiger partial charge in [-0.2, -0.15) is 0 Å². The van der Waals surface area contributed by atoms with Crippen molar-refractivity contribution >= 4 is 12.1 Å². The number of nitrogens with two attached hydrogens (primary N) is 1. The predicted molar refractivity (Wildman–Crippen MR) is 91.3 cm³/mol. The fourth-order valence-corrected chi connectivity index (χ4v) is 2.23. The zero-order valence-electron chi connectivity index (χ0n) is 13.3. The molecule has 126 valence electrons. The zero-order valence-corrected chi connectivity index (χ0v) is 13.3. The van der Waals surface area contributed by atoms with Gasteiger partial charge in [-0.25, -0.2) is 9.59 Å². The number of ether oxygens (including phenoxy) is 1. The second-order valence-corrected chi connectivity index (χ2v) is 5.34. The van der Waals surface area contributed by atoms with Crippen LogP contribution in [0.1, 0.15) is 11.1 Å². The maximum absolute atomic E-state index is 12.0. The smallest absolute Gasteiger partial charge is 0.407 e. The first-order valence-corrected chi connectivity index (χ1v) is 7.68. The third-order valence-electron chi connectivity index (χ3n) is 3.38. The molecule has 0 radical (unpaired) electrons. The minimum absolute atomic E-state index is 0.188. The quantitative estimate of drug-likeness (QED) is 0.727. The minimum Gasteiger partial charge on any atom is -0.445 e. The standard InChI is InChI=1S/C18H21N3O3/c19-17(22)20-12-16(11-14-7-3-1-4-8-14)21-18(23)24-13-15-9-5-2-6-10-15/h1-10,16H,11-13H2,(H,21,23)(H3,19,20,22). The summed E-state index contributed by atoms with van der Waals surface area (Å²) in [6.45, 7) is 0.415. The third kappa shape index (κ3) is 6.39. The second kappa shape index (κ2) is 9.19. The fourth-order valence-electron chi connectivity index (χ4n) is 2.23. The third-order valence-corrected chi connectivity index (χ3v) is 3.38. The first kappa shape index (κ1) is 17.3. The Balaban J connectivity index is 1.88. The van der Waals surface area contributed by atoms with Gasteiger partial charge in [0.2, 0.25) is 0 Å². The molecule has 2 aromatic carbocycles. The highest BCUT2D eigenvalue weighted by Crippen LogP contribution is 2.04. The van der Waals surface area contributed by atoms with Gasteiger partial charge in [0, 0.05) is 6.54 Å². The molecule has 0 spiro atoms. The molecule has 0 aliphatic carbocycles. The Bertz CT molecular complexity index is 647. The van der Waals surface area contributed by atoms with Gasteiger partial charge < -0.3 is 21.1 Å². The van der Waals surface area contributed by atoms with Gasteiger partial charge in [0.05, 0.1) is 6.04 Å². The Hall–Kier alpha value is -3.02. The number of rotatable bonds is 7. The SMILES string of the molecule is NC(=O)NCC(Cc1ccccc1)NC(=O)OCc1ccccc1. The number of nitrogens with one attached hydrogen (secondary N) is 2. The van der Waals surface area contributed by atoms with Crippen LogP contribution in [0.25, 0.3) is 0 Å². The summed E-state index contributed by atoms with van der Waals surface area (Å²) in [5, 5.41) is 5.27. The number of hydrogen-bond donors (Lipinski definition) is 3. The summed E-state index contributed by atoms with van der Waals surface area (Å²) in [6.07, 6.45) is 0.0210. The number of amides is 3. The molecule has 0 aromatic heterocycles. The fraction of sp³-hybridized carbons (Fsp3) is 0.222. The second-order valence-electron chi connectivity index (χ2n) is 5.34. The van der Waals surface area contributed by atoms with Gasteiger partial charge in [-0.15, -0.1) is 0 Å². The van der Waals surface area contributed by atoms with Crippen molar-refractivity contribution in [2.45, 2.75) is 19.1 Å². The molecule has 2 aromatic rings. The maximum Gasteiger partial charge on any atom is 0.407 e. The summed E-state index contributed by atoms with van der Waals surface area (Å²) in [5.41, 5.74) is 7.05. The van der Waals surface area contributed by atoms with E-state index in [-0.39, 0.29) is 19.2 Å². The highest BCUT2D eigenvalue weighted by molar-refractivity contribution is 5.72. The largest absolute Gasteiger partial charge is 0.445 e. The average Bonchev–Trinajstić information content (AvgIpc) is 2.60. The maximum atomic E-state index is 12.0. The lowest BCUT2D eigenvalue weighted by molar-refractivity contribution is 0.135. The van der Waals surface area contributed by atoms with Gasteiger partial charge >= 0.3 is 12.1 Å². The molecular formula is C18H21N3O3. The molecule has 1 unspecified atom stereocenters. The van der Waals surface area contributed by atoms with Gasteiger partial charge in [0.15, 0.2) is 0 Å². The molecule has 0 saturated heterocycles. The molecule has 0 heterocycles. The Kier molecular flexibility index (Phi) is 6.64. The van der Waals surface area contributed by atoms with Crippen LogP contribution in [-0.4, -0.2) is 24.7 Å². The van der Waals surface area contributed by atoms with Crippen LogP contribution in [0.5, 0.6) is 0 Å². The number of hydrogen-bond acceptors (Lipinski definition) is 3. The molecule has 3 amide bonds. The Morgan fingerprint density at radius 2 is 1.54 bits per heavy atom. The Labute approximate surface area is 141 Å². The van der Waals surface area contributed by atoms with Crippen LogP contribution in [0.2, 0.25) is 0 Å². The summed E-state index contributed by atoms with van der Waals surface area (Å²) >= 11 is 0. The summed E-state index contributed by atoms with van der Waals surface area (Å²) in [7, 11) is 0. The zero-order chi connectivity index (χ0) is 17.2. The van der Waals surface area contributed by atoms with Gasteiger partial charge in [-0.05, 0) is 17.5 Å². The van der Waals surface area contributed by atoms with Crippen molar-refractivity contribution in [2.24, 2.45) is 5.73 Å². The molecule has 0 aliphatic heterocycles. The van der Waals surface area contributed by atoms with Crippen molar-refractivity contribution in [1.29, 1.82) is 0 Å². The lowest BCUT2D eigenvalue weighted by Gasteiger charge is -2.19. The molecule has 2 rings (SSSR count). The van der Waals surface area contributed by atoms with E-state index in [1.54, 1.807) is 0 Å². The van der Waals surface area contributed by atoms with Crippen molar-refractivity contribution in [2.75, 3.05) is 6.54 Å². The van der Waals surface area contributed by atoms with Crippen LogP contribution < -0.4 is 16.4 Å². The molecule has 6 nitrogen and oxygen atoms in total. The van der Waals surface area contributed by atoms with Crippen molar-refractivity contribution < 1.29 is 14.3 Å². The number of alkyl carbamates (subject to hydrolysis) is 1. The van der Waals surface area contributed by atoms with Crippen LogP contribution in [0.3, 0.4) is 0 Å². The van der Waals surface area contributed by atoms with Crippen LogP contribution in [0, 0.1) is 0 Å². The summed E-state index contributed by atoms with van der Waals surface area (Å²) in [4.78, 5) is 22.9. The topological polar surface area (TPSA) is 93.5 Å². The number of primary amides is 1. The van der Waals surface area contributed by atoms with E-state index in [2.05, 4.69) is 10.6 Å². The van der Waals surface area contributed by atoms with E-state index in [1.807, 2.05) is 60.7 Å². The molecule has 0 saturated carbocycles. The van der Waals surface area contributed by atoms with E-state index < -0.39 is 12.1 Å². The van der Waals surface area contributed by atoms with E-state index >= 15 is 0 Å². The van der Waals surface area contributed by atoms with E-state index in [9.17, 15) is 9.59 Å². The van der Waals surface area contributed by atoms with Crippen molar-refractivity contribution in [3.63, 3.8) is 0 Å². The molecular weight excluding hydrogens is 306 g/mol. The van der Waals surface area contributed by atoms with Gasteiger partial charge in [-0.1, -0.05) is 60.7 Å². The highest BCUT2D eigenvalue weighted by Gasteiger charge is 2.14. The summed E-state index contributed by atoms with van der Waals surface area (Å²) < 4.78 is 5.21. The lowest BCUT2D eigenvalue weighted by atomic mass is 10.1. The Morgan fingerprint density at radius 1 is 0.958 bits per heavy atom. The molecule has 4 N–H and O–H groups in total. The van der Waals surface area contributed by atoms with Gasteiger partial charge in [-0.3, -0.25) is 0 Å². The van der Waals surface area contributed by atoms with E-state index in [0.717, 1.165) is 11.1 Å². The molecule has 24 heavy (non-hydrogen) atoms. The summed E-state index contributed by atoms with van der Waals surface area (Å²) in [6, 6.07) is 18.1. The van der Waals surface area contributed by atoms with Crippen LogP contribution in [0.4, 0.5) is 9.59 Å². The first-order valence-electron chi connectivity index (χ1n) is 7.68. The van der Waals surface area contributed by atoms with E-state index in [4.69, 9.17) is 10.5 Å². The highest BCUT2D eigenvalue weighted by atomic mass is 16.5. The van der Waals surface area contributed by atoms with E-state index in [1.165, 1.54) is 0 Å². The minimum atomic E-state index is -0.632. The Morgan fingerprint density at radius 3 is 2.12 bits per heavy atom. The van der Waals surface area contributed by atoms with Crippen molar-refractivity contribution in [1.82, 2.24) is 10.6 Å². The van der Waals surface area contributed by atoms with Crippen LogP contribution >= 0.6 is 0 Å². The average molecular weight is 327 g/mol. The normalized spacial score (nSPS) is 11.3. The van der Waals surface area contributed by atoms with Gasteiger partial charge in [0.25, 0.3) is 0 Å².